The van der Waals surface area contributed by atoms with Crippen LogP contribution in [0.3, 0.4) is 0 Å². The van der Waals surface area contributed by atoms with Gasteiger partial charge in [0.05, 0.1) is 13.2 Å². The Labute approximate surface area is 113 Å². The maximum Gasteiger partial charge on any atom is 0.119 e. The molecule has 1 aromatic rings. The highest BCUT2D eigenvalue weighted by Crippen LogP contribution is 2.28. The smallest absolute Gasteiger partial charge is 0.119 e. The van der Waals surface area contributed by atoms with Gasteiger partial charge in [-0.25, -0.2) is 0 Å². The molecule has 1 aromatic carbocycles. The molecule has 0 N–H and O–H groups in total. The van der Waals surface area contributed by atoms with Gasteiger partial charge in [-0.1, -0.05) is 0 Å². The van der Waals surface area contributed by atoms with E-state index in [4.69, 9.17) is 18.9 Å². The molecule has 0 unspecified atom stereocenters. The van der Waals surface area contributed by atoms with Crippen molar-refractivity contribution in [2.45, 2.75) is 18.9 Å². The van der Waals surface area contributed by atoms with E-state index in [-0.39, 0.29) is 0 Å². The fourth-order valence-electron chi connectivity index (χ4n) is 1.74. The molecule has 2 aliphatic rings. The number of epoxide rings is 1. The van der Waals surface area contributed by atoms with Gasteiger partial charge in [-0.2, -0.15) is 0 Å². The van der Waals surface area contributed by atoms with Crippen LogP contribution in [-0.4, -0.2) is 39.1 Å². The summed E-state index contributed by atoms with van der Waals surface area (Å²) in [5, 5.41) is 0. The largest absolute Gasteiger partial charge is 0.491 e. The van der Waals surface area contributed by atoms with E-state index < -0.39 is 0 Å². The summed E-state index contributed by atoms with van der Waals surface area (Å²) in [6.07, 6.45) is 2.95. The Bertz CT molecular complexity index is 382. The highest BCUT2D eigenvalue weighted by molar-refractivity contribution is 5.31. The Hall–Kier alpha value is -1.26. The van der Waals surface area contributed by atoms with Crippen molar-refractivity contribution in [1.82, 2.24) is 0 Å². The Kier molecular flexibility index (Phi) is 4.20. The number of rotatable bonds is 9. The lowest BCUT2D eigenvalue weighted by Gasteiger charge is -2.08. The van der Waals surface area contributed by atoms with Crippen LogP contribution in [0.4, 0.5) is 0 Å². The van der Waals surface area contributed by atoms with Gasteiger partial charge in [-0.3, -0.25) is 0 Å². The van der Waals surface area contributed by atoms with Gasteiger partial charge >= 0.3 is 0 Å². The first-order chi connectivity index (χ1) is 9.40. The van der Waals surface area contributed by atoms with Crippen LogP contribution >= 0.6 is 0 Å². The Morgan fingerprint density at radius 3 is 2.26 bits per heavy atom. The molecule has 1 saturated carbocycles. The van der Waals surface area contributed by atoms with Crippen LogP contribution in [0.2, 0.25) is 0 Å². The molecular weight excluding hydrogens is 244 g/mol. The minimum atomic E-state index is 0.291. The monoisotopic (exact) mass is 264 g/mol. The topological polar surface area (TPSA) is 40.2 Å². The molecular formula is C15H20O4. The summed E-state index contributed by atoms with van der Waals surface area (Å²) in [5.74, 6) is 2.52. The van der Waals surface area contributed by atoms with Crippen molar-refractivity contribution in [3.05, 3.63) is 24.3 Å². The van der Waals surface area contributed by atoms with Gasteiger partial charge in [0.15, 0.2) is 0 Å². The van der Waals surface area contributed by atoms with Crippen LogP contribution in [0.1, 0.15) is 12.8 Å². The minimum Gasteiger partial charge on any atom is -0.491 e. The third kappa shape index (κ3) is 4.73. The number of hydrogen-bond acceptors (Lipinski definition) is 4. The van der Waals surface area contributed by atoms with Crippen molar-refractivity contribution < 1.29 is 18.9 Å². The molecule has 4 heteroatoms. The molecule has 19 heavy (non-hydrogen) atoms. The summed E-state index contributed by atoms with van der Waals surface area (Å²) in [6.45, 7) is 3.60. The maximum atomic E-state index is 5.60. The first-order valence-corrected chi connectivity index (χ1v) is 6.95. The third-order valence-corrected chi connectivity index (χ3v) is 3.21. The van der Waals surface area contributed by atoms with Crippen LogP contribution < -0.4 is 9.47 Å². The second-order valence-electron chi connectivity index (χ2n) is 5.10. The van der Waals surface area contributed by atoms with Crippen molar-refractivity contribution in [2.24, 2.45) is 5.92 Å². The average molecular weight is 264 g/mol. The fourth-order valence-corrected chi connectivity index (χ4v) is 1.74. The Morgan fingerprint density at radius 1 is 0.947 bits per heavy atom. The normalized spacial score (nSPS) is 21.2. The van der Waals surface area contributed by atoms with Gasteiger partial charge in [0.25, 0.3) is 0 Å². The van der Waals surface area contributed by atoms with Gasteiger partial charge < -0.3 is 18.9 Å². The van der Waals surface area contributed by atoms with Crippen LogP contribution in [-0.2, 0) is 9.47 Å². The predicted octanol–water partition coefficient (Wildman–Crippen LogP) is 2.27. The van der Waals surface area contributed by atoms with Crippen molar-refractivity contribution in [2.75, 3.05) is 33.0 Å². The van der Waals surface area contributed by atoms with Crippen molar-refractivity contribution in [3.8, 4) is 11.5 Å². The van der Waals surface area contributed by atoms with E-state index in [0.29, 0.717) is 25.9 Å². The van der Waals surface area contributed by atoms with Gasteiger partial charge in [-0.15, -0.1) is 0 Å². The van der Waals surface area contributed by atoms with Gasteiger partial charge in [-0.05, 0) is 43.0 Å². The zero-order valence-corrected chi connectivity index (χ0v) is 11.0. The van der Waals surface area contributed by atoms with Crippen LogP contribution in [0.5, 0.6) is 11.5 Å². The van der Waals surface area contributed by atoms with Crippen molar-refractivity contribution in [3.63, 3.8) is 0 Å². The molecule has 0 spiro atoms. The first-order valence-electron chi connectivity index (χ1n) is 6.95. The zero-order valence-electron chi connectivity index (χ0n) is 11.0. The lowest BCUT2D eigenvalue weighted by Crippen LogP contribution is -2.08. The molecule has 0 radical (unpaired) electrons. The van der Waals surface area contributed by atoms with Crippen molar-refractivity contribution >= 4 is 0 Å². The molecule has 1 aliphatic carbocycles. The summed E-state index contributed by atoms with van der Waals surface area (Å²) in [7, 11) is 0. The number of hydrogen-bond donors (Lipinski definition) is 0. The van der Waals surface area contributed by atoms with Gasteiger partial charge in [0.2, 0.25) is 0 Å². The second kappa shape index (κ2) is 6.26. The molecule has 1 heterocycles. The summed E-state index contributed by atoms with van der Waals surface area (Å²) < 4.78 is 21.8. The Morgan fingerprint density at radius 2 is 1.63 bits per heavy atom. The van der Waals surface area contributed by atoms with E-state index in [9.17, 15) is 0 Å². The Balaban J connectivity index is 1.30. The first kappa shape index (κ1) is 12.8. The van der Waals surface area contributed by atoms with E-state index in [2.05, 4.69) is 0 Å². The molecule has 104 valence electrons. The second-order valence-corrected chi connectivity index (χ2v) is 5.10. The molecule has 1 atom stereocenters. The van der Waals surface area contributed by atoms with Gasteiger partial charge in [0, 0.05) is 6.61 Å². The van der Waals surface area contributed by atoms with E-state index in [0.717, 1.165) is 30.6 Å². The zero-order chi connectivity index (χ0) is 12.9. The lowest BCUT2D eigenvalue weighted by atomic mass is 10.3. The molecule has 1 saturated heterocycles. The molecule has 4 nitrogen and oxygen atoms in total. The average Bonchev–Trinajstić information content (AvgIpc) is 3.31. The molecule has 1 aliphatic heterocycles. The maximum absolute atomic E-state index is 5.60. The highest BCUT2D eigenvalue weighted by atomic mass is 16.6. The van der Waals surface area contributed by atoms with E-state index in [1.807, 2.05) is 24.3 Å². The molecule has 0 aromatic heterocycles. The summed E-state index contributed by atoms with van der Waals surface area (Å²) in [4.78, 5) is 0. The summed E-state index contributed by atoms with van der Waals surface area (Å²) in [6, 6.07) is 7.68. The van der Waals surface area contributed by atoms with Gasteiger partial charge in [0.1, 0.15) is 30.8 Å². The standard InChI is InChI=1S/C15H20O4/c1-2-12(1)9-16-7-8-17-13-3-5-14(6-4-13)18-10-15-11-19-15/h3-6,12,15H,1-2,7-11H2/t15-/m0/s1. The third-order valence-electron chi connectivity index (χ3n) is 3.21. The van der Waals surface area contributed by atoms with E-state index in [1.54, 1.807) is 0 Å². The fraction of sp³-hybridized carbons (Fsp3) is 0.600. The molecule has 0 bridgehead atoms. The SMILES string of the molecule is c1cc(OC[C@H]2CO2)ccc1OCCOCC1CC1. The molecule has 3 rings (SSSR count). The lowest BCUT2D eigenvalue weighted by molar-refractivity contribution is 0.0927. The summed E-state index contributed by atoms with van der Waals surface area (Å²) in [5.41, 5.74) is 0. The summed E-state index contributed by atoms with van der Waals surface area (Å²) >= 11 is 0. The minimum absolute atomic E-state index is 0.291. The van der Waals surface area contributed by atoms with E-state index >= 15 is 0 Å². The molecule has 0 amide bonds. The van der Waals surface area contributed by atoms with Crippen LogP contribution in [0, 0.1) is 5.92 Å². The number of ether oxygens (including phenoxy) is 4. The number of benzene rings is 1. The van der Waals surface area contributed by atoms with E-state index in [1.165, 1.54) is 12.8 Å². The van der Waals surface area contributed by atoms with Crippen LogP contribution in [0.25, 0.3) is 0 Å². The quantitative estimate of drug-likeness (QED) is 0.507. The van der Waals surface area contributed by atoms with Crippen molar-refractivity contribution in [1.29, 1.82) is 0 Å². The predicted molar refractivity (Wildman–Crippen MR) is 70.7 cm³/mol. The highest BCUT2D eigenvalue weighted by Gasteiger charge is 2.23. The van der Waals surface area contributed by atoms with Crippen LogP contribution in [0.15, 0.2) is 24.3 Å². The molecule has 2 fully saturated rings.